The average Bonchev–Trinajstić information content (AvgIpc) is 3.02. The quantitative estimate of drug-likeness (QED) is 0.497. The van der Waals surface area contributed by atoms with Crippen LogP contribution in [0.25, 0.3) is 21.8 Å². The van der Waals surface area contributed by atoms with Gasteiger partial charge in [-0.05, 0) is 49.1 Å². The zero-order chi connectivity index (χ0) is 19.1. The van der Waals surface area contributed by atoms with E-state index in [2.05, 4.69) is 82.5 Å². The second-order valence-corrected chi connectivity index (χ2v) is 8.78. The second kappa shape index (κ2) is 7.28. The van der Waals surface area contributed by atoms with Crippen molar-refractivity contribution in [1.29, 1.82) is 0 Å². The smallest absolute Gasteiger partial charge is 0.0855 e. The topological polar surface area (TPSA) is 28.4 Å². The van der Waals surface area contributed by atoms with Gasteiger partial charge in [-0.3, -0.25) is 0 Å². The number of aromatic nitrogens is 1. The van der Waals surface area contributed by atoms with E-state index in [1.807, 2.05) is 0 Å². The molecule has 2 heterocycles. The molecule has 0 aliphatic carbocycles. The van der Waals surface area contributed by atoms with Crippen LogP contribution in [0.3, 0.4) is 0 Å². The normalized spacial score (nSPS) is 15.8. The molecular weight excluding hydrogens is 364 g/mol. The third-order valence-corrected chi connectivity index (χ3v) is 6.75. The van der Waals surface area contributed by atoms with E-state index < -0.39 is 6.10 Å². The minimum absolute atomic E-state index is 0.418. The Labute approximate surface area is 169 Å². The fourth-order valence-electron chi connectivity index (χ4n) is 4.25. The van der Waals surface area contributed by atoms with Crippen molar-refractivity contribution in [2.75, 3.05) is 13.1 Å². The Bertz CT molecular complexity index is 1100. The van der Waals surface area contributed by atoms with Crippen LogP contribution in [-0.2, 0) is 13.0 Å². The first-order valence-corrected chi connectivity index (χ1v) is 10.6. The Morgan fingerprint density at radius 2 is 1.61 bits per heavy atom. The molecule has 1 atom stereocenters. The molecule has 142 valence electrons. The fraction of sp³-hybridized carbons (Fsp3) is 0.250. The molecule has 0 saturated heterocycles. The largest absolute Gasteiger partial charge is 0.390 e. The second-order valence-electron chi connectivity index (χ2n) is 7.64. The van der Waals surface area contributed by atoms with Gasteiger partial charge in [-0.25, -0.2) is 4.31 Å². The Morgan fingerprint density at radius 3 is 2.32 bits per heavy atom. The van der Waals surface area contributed by atoms with Crippen LogP contribution in [-0.4, -0.2) is 33.2 Å². The summed E-state index contributed by atoms with van der Waals surface area (Å²) < 4.78 is 4.57. The summed E-state index contributed by atoms with van der Waals surface area (Å²) in [6, 6.07) is 23.6. The van der Waals surface area contributed by atoms with Crippen LogP contribution >= 0.6 is 11.9 Å². The van der Waals surface area contributed by atoms with Crippen molar-refractivity contribution in [3.05, 3.63) is 77.9 Å². The van der Waals surface area contributed by atoms with E-state index in [0.717, 1.165) is 13.0 Å². The number of β-amino-alcohol motifs (C(OH)–C–C–N with tert-alkyl or cyclic N) is 1. The van der Waals surface area contributed by atoms with Gasteiger partial charge in [0, 0.05) is 39.8 Å². The first-order chi connectivity index (χ1) is 13.7. The van der Waals surface area contributed by atoms with Crippen LogP contribution in [0.5, 0.6) is 0 Å². The van der Waals surface area contributed by atoms with Gasteiger partial charge in [-0.15, -0.1) is 0 Å². The van der Waals surface area contributed by atoms with Crippen molar-refractivity contribution in [3.8, 4) is 0 Å². The van der Waals surface area contributed by atoms with E-state index in [-0.39, 0.29) is 0 Å². The lowest BCUT2D eigenvalue weighted by Crippen LogP contribution is -2.33. The molecule has 1 aliphatic rings. The molecule has 0 spiro atoms. The molecule has 0 amide bonds. The standard InChI is InChI=1S/C24H24N2OS/c1-17-10-11-24-18(14-17)12-13-25(28-24)15-19(27)16-26-22-8-4-2-6-20(22)21-7-3-5-9-23(21)26/h2-11,14,19,27H,12-13,15-16H2,1H3. The van der Waals surface area contributed by atoms with E-state index in [0.29, 0.717) is 13.1 Å². The highest BCUT2D eigenvalue weighted by molar-refractivity contribution is 7.97. The van der Waals surface area contributed by atoms with Gasteiger partial charge in [0.1, 0.15) is 0 Å². The summed E-state index contributed by atoms with van der Waals surface area (Å²) in [4.78, 5) is 1.32. The summed E-state index contributed by atoms with van der Waals surface area (Å²) in [6.07, 6.45) is 0.630. The monoisotopic (exact) mass is 388 g/mol. The van der Waals surface area contributed by atoms with E-state index in [1.54, 1.807) is 11.9 Å². The lowest BCUT2D eigenvalue weighted by molar-refractivity contribution is 0.133. The van der Waals surface area contributed by atoms with Crippen LogP contribution < -0.4 is 0 Å². The Morgan fingerprint density at radius 1 is 0.929 bits per heavy atom. The summed E-state index contributed by atoms with van der Waals surface area (Å²) in [5.74, 6) is 0. The molecule has 4 aromatic rings. The van der Waals surface area contributed by atoms with Crippen molar-refractivity contribution >= 4 is 33.8 Å². The van der Waals surface area contributed by atoms with Crippen molar-refractivity contribution < 1.29 is 5.11 Å². The molecule has 0 saturated carbocycles. The minimum atomic E-state index is -0.418. The maximum absolute atomic E-state index is 10.9. The van der Waals surface area contributed by atoms with Gasteiger partial charge in [0.15, 0.2) is 0 Å². The molecule has 1 aliphatic heterocycles. The molecule has 5 rings (SSSR count). The third-order valence-electron chi connectivity index (χ3n) is 5.56. The summed E-state index contributed by atoms with van der Waals surface area (Å²) in [6.45, 7) is 4.39. The molecule has 1 unspecified atom stereocenters. The molecule has 3 nitrogen and oxygen atoms in total. The predicted octanol–water partition coefficient (Wildman–Crippen LogP) is 5.03. The van der Waals surface area contributed by atoms with Gasteiger partial charge < -0.3 is 9.67 Å². The highest BCUT2D eigenvalue weighted by Crippen LogP contribution is 2.33. The van der Waals surface area contributed by atoms with Crippen LogP contribution in [0.2, 0.25) is 0 Å². The molecule has 1 aromatic heterocycles. The summed E-state index contributed by atoms with van der Waals surface area (Å²) in [5.41, 5.74) is 5.13. The van der Waals surface area contributed by atoms with Crippen molar-refractivity contribution in [1.82, 2.24) is 8.87 Å². The van der Waals surface area contributed by atoms with Gasteiger partial charge >= 0.3 is 0 Å². The zero-order valence-corrected chi connectivity index (χ0v) is 16.8. The molecule has 28 heavy (non-hydrogen) atoms. The first kappa shape index (κ1) is 17.8. The van der Waals surface area contributed by atoms with Gasteiger partial charge in [0.2, 0.25) is 0 Å². The number of nitrogens with zero attached hydrogens (tertiary/aromatic N) is 2. The van der Waals surface area contributed by atoms with Gasteiger partial charge in [0.05, 0.1) is 12.6 Å². The van der Waals surface area contributed by atoms with Crippen molar-refractivity contribution in [2.45, 2.75) is 30.9 Å². The summed E-state index contributed by atoms with van der Waals surface area (Å²) in [5, 5.41) is 13.4. The van der Waals surface area contributed by atoms with Gasteiger partial charge in [-0.1, -0.05) is 54.1 Å². The molecule has 0 radical (unpaired) electrons. The van der Waals surface area contributed by atoms with Crippen molar-refractivity contribution in [2.24, 2.45) is 0 Å². The number of hydrogen-bond acceptors (Lipinski definition) is 3. The highest BCUT2D eigenvalue weighted by atomic mass is 32.2. The number of para-hydroxylation sites is 2. The van der Waals surface area contributed by atoms with Gasteiger partial charge in [0.25, 0.3) is 0 Å². The fourth-order valence-corrected chi connectivity index (χ4v) is 5.37. The number of fused-ring (bicyclic) bond motifs is 4. The van der Waals surface area contributed by atoms with Gasteiger partial charge in [-0.2, -0.15) is 0 Å². The lowest BCUT2D eigenvalue weighted by atomic mass is 10.1. The summed E-state index contributed by atoms with van der Waals surface area (Å²) in [7, 11) is 0. The SMILES string of the molecule is Cc1ccc2c(c1)CCN(CC(O)Cn1c3ccccc3c3ccccc31)S2. The van der Waals surface area contributed by atoms with Crippen LogP contribution in [0.15, 0.2) is 71.6 Å². The zero-order valence-electron chi connectivity index (χ0n) is 16.0. The molecular formula is C24H24N2OS. The number of benzene rings is 3. The maximum Gasteiger partial charge on any atom is 0.0855 e. The minimum Gasteiger partial charge on any atom is -0.390 e. The number of aliphatic hydroxyl groups excluding tert-OH is 1. The third kappa shape index (κ3) is 3.22. The molecule has 0 bridgehead atoms. The van der Waals surface area contributed by atoms with E-state index >= 15 is 0 Å². The Kier molecular flexibility index (Phi) is 4.63. The maximum atomic E-state index is 10.9. The Balaban J connectivity index is 1.37. The number of aliphatic hydroxyl groups is 1. The van der Waals surface area contributed by atoms with E-state index in [9.17, 15) is 5.11 Å². The Hall–Kier alpha value is -2.27. The molecule has 1 N–H and O–H groups in total. The van der Waals surface area contributed by atoms with E-state index in [1.165, 1.54) is 37.8 Å². The summed E-state index contributed by atoms with van der Waals surface area (Å²) >= 11 is 1.78. The van der Waals surface area contributed by atoms with Crippen LogP contribution in [0.1, 0.15) is 11.1 Å². The van der Waals surface area contributed by atoms with E-state index in [4.69, 9.17) is 0 Å². The molecule has 0 fully saturated rings. The van der Waals surface area contributed by atoms with Crippen LogP contribution in [0.4, 0.5) is 0 Å². The first-order valence-electron chi connectivity index (χ1n) is 9.85. The number of hydrogen-bond donors (Lipinski definition) is 1. The number of rotatable bonds is 4. The molecule has 4 heteroatoms. The average molecular weight is 389 g/mol. The lowest BCUT2D eigenvalue weighted by Gasteiger charge is -2.29. The highest BCUT2D eigenvalue weighted by Gasteiger charge is 2.21. The van der Waals surface area contributed by atoms with Crippen LogP contribution in [0, 0.1) is 6.92 Å². The molecule has 3 aromatic carbocycles. The number of aryl methyl sites for hydroxylation is 1. The predicted molar refractivity (Wildman–Crippen MR) is 118 cm³/mol. The van der Waals surface area contributed by atoms with Crippen molar-refractivity contribution in [3.63, 3.8) is 0 Å².